The molecule has 0 atom stereocenters. The molecule has 1 aromatic heterocycles. The Morgan fingerprint density at radius 3 is 2.67 bits per heavy atom. The van der Waals surface area contributed by atoms with E-state index in [1.54, 1.807) is 13.0 Å². The van der Waals surface area contributed by atoms with E-state index < -0.39 is 17.1 Å². The van der Waals surface area contributed by atoms with Gasteiger partial charge in [-0.05, 0) is 12.5 Å². The maximum Gasteiger partial charge on any atom is 0.347 e. The molecule has 0 saturated heterocycles. The van der Waals surface area contributed by atoms with Crippen LogP contribution in [0.1, 0.15) is 13.3 Å². The predicted molar refractivity (Wildman–Crippen MR) is 63.8 cm³/mol. The highest BCUT2D eigenvalue weighted by Gasteiger charge is 2.28. The molecule has 0 saturated carbocycles. The highest BCUT2D eigenvalue weighted by Crippen LogP contribution is 2.07. The second-order valence-electron chi connectivity index (χ2n) is 4.03. The van der Waals surface area contributed by atoms with E-state index in [9.17, 15) is 19.8 Å². The molecule has 18 heavy (non-hydrogen) atoms. The molecule has 0 bridgehead atoms. The normalized spacial score (nSPS) is 11.3. The lowest BCUT2D eigenvalue weighted by molar-refractivity contribution is -0.125. The van der Waals surface area contributed by atoms with E-state index >= 15 is 0 Å². The summed E-state index contributed by atoms with van der Waals surface area (Å²) >= 11 is 0. The van der Waals surface area contributed by atoms with E-state index in [4.69, 9.17) is 0 Å². The fraction of sp³-hybridized carbons (Fsp3) is 0.545. The number of rotatable bonds is 6. The number of amides is 1. The Morgan fingerprint density at radius 2 is 2.17 bits per heavy atom. The van der Waals surface area contributed by atoms with Crippen molar-refractivity contribution in [1.29, 1.82) is 0 Å². The van der Waals surface area contributed by atoms with Gasteiger partial charge in [0.1, 0.15) is 6.54 Å². The summed E-state index contributed by atoms with van der Waals surface area (Å²) in [5.41, 5.74) is -1.58. The van der Waals surface area contributed by atoms with Crippen LogP contribution in [0.15, 0.2) is 23.3 Å². The molecule has 0 unspecified atom stereocenters. The second kappa shape index (κ2) is 6.27. The number of nitrogens with zero attached hydrogens (tertiary/aromatic N) is 2. The maximum atomic E-state index is 11.7. The van der Waals surface area contributed by atoms with Gasteiger partial charge in [0.2, 0.25) is 5.91 Å². The predicted octanol–water partition coefficient (Wildman–Crippen LogP) is -1.51. The Labute approximate surface area is 104 Å². The first-order chi connectivity index (χ1) is 8.56. The highest BCUT2D eigenvalue weighted by atomic mass is 16.3. The number of nitrogens with one attached hydrogen (secondary N) is 1. The van der Waals surface area contributed by atoms with E-state index in [2.05, 4.69) is 10.3 Å². The molecule has 0 aliphatic carbocycles. The van der Waals surface area contributed by atoms with Crippen molar-refractivity contribution in [3.05, 3.63) is 28.9 Å². The third-order valence-corrected chi connectivity index (χ3v) is 2.78. The van der Waals surface area contributed by atoms with Gasteiger partial charge >= 0.3 is 5.69 Å². The summed E-state index contributed by atoms with van der Waals surface area (Å²) in [6.07, 6.45) is 3.17. The van der Waals surface area contributed by atoms with Gasteiger partial charge in [-0.1, -0.05) is 6.92 Å². The number of hydrogen-bond donors (Lipinski definition) is 3. The van der Waals surface area contributed by atoms with E-state index in [1.165, 1.54) is 12.4 Å². The highest BCUT2D eigenvalue weighted by molar-refractivity contribution is 5.76. The van der Waals surface area contributed by atoms with Crippen molar-refractivity contribution in [2.45, 2.75) is 25.4 Å². The van der Waals surface area contributed by atoms with Gasteiger partial charge in [0.15, 0.2) is 0 Å². The Morgan fingerprint density at radius 1 is 1.50 bits per heavy atom. The van der Waals surface area contributed by atoms with E-state index in [1.807, 2.05) is 0 Å². The van der Waals surface area contributed by atoms with Gasteiger partial charge < -0.3 is 15.5 Å². The zero-order valence-electron chi connectivity index (χ0n) is 10.2. The van der Waals surface area contributed by atoms with E-state index in [0.29, 0.717) is 6.42 Å². The Kier molecular flexibility index (Phi) is 4.99. The standard InChI is InChI=1S/C11H17N3O4/c1-2-11(7-15,8-16)13-9(17)6-14-5-3-4-12-10(14)18/h3-5,15-16H,2,6-8H2,1H3,(H,13,17). The summed E-state index contributed by atoms with van der Waals surface area (Å²) in [5, 5.41) is 20.9. The van der Waals surface area contributed by atoms with Crippen molar-refractivity contribution in [3.63, 3.8) is 0 Å². The number of carbonyl (C=O) groups is 1. The average Bonchev–Trinajstić information content (AvgIpc) is 2.39. The van der Waals surface area contributed by atoms with Crippen molar-refractivity contribution < 1.29 is 15.0 Å². The zero-order valence-corrected chi connectivity index (χ0v) is 10.2. The molecule has 1 aromatic rings. The monoisotopic (exact) mass is 255 g/mol. The van der Waals surface area contributed by atoms with Crippen LogP contribution in [-0.2, 0) is 11.3 Å². The molecular weight excluding hydrogens is 238 g/mol. The van der Waals surface area contributed by atoms with Gasteiger partial charge in [-0.25, -0.2) is 9.78 Å². The van der Waals surface area contributed by atoms with Gasteiger partial charge in [-0.2, -0.15) is 0 Å². The lowest BCUT2D eigenvalue weighted by Crippen LogP contribution is -2.54. The molecule has 0 radical (unpaired) electrons. The van der Waals surface area contributed by atoms with Crippen molar-refractivity contribution in [2.24, 2.45) is 0 Å². The molecule has 7 nitrogen and oxygen atoms in total. The van der Waals surface area contributed by atoms with E-state index in [0.717, 1.165) is 4.57 Å². The lowest BCUT2D eigenvalue weighted by Gasteiger charge is -2.29. The van der Waals surface area contributed by atoms with Crippen molar-refractivity contribution in [2.75, 3.05) is 13.2 Å². The molecule has 7 heteroatoms. The van der Waals surface area contributed by atoms with Gasteiger partial charge in [0.25, 0.3) is 0 Å². The van der Waals surface area contributed by atoms with Crippen LogP contribution in [0.2, 0.25) is 0 Å². The lowest BCUT2D eigenvalue weighted by atomic mass is 9.98. The van der Waals surface area contributed by atoms with Crippen LogP contribution < -0.4 is 11.0 Å². The molecule has 0 fully saturated rings. The maximum absolute atomic E-state index is 11.7. The SMILES string of the molecule is CCC(CO)(CO)NC(=O)Cn1cccnc1=O. The van der Waals surface area contributed by atoms with Crippen molar-refractivity contribution in [1.82, 2.24) is 14.9 Å². The molecule has 0 spiro atoms. The van der Waals surface area contributed by atoms with Crippen LogP contribution in [0.5, 0.6) is 0 Å². The van der Waals surface area contributed by atoms with Crippen LogP contribution >= 0.6 is 0 Å². The molecule has 1 amide bonds. The topological polar surface area (TPSA) is 104 Å². The van der Waals surface area contributed by atoms with Gasteiger partial charge in [0.05, 0.1) is 18.8 Å². The van der Waals surface area contributed by atoms with Gasteiger partial charge in [-0.15, -0.1) is 0 Å². The molecule has 1 rings (SSSR count). The molecule has 0 aliphatic heterocycles. The zero-order chi connectivity index (χ0) is 13.6. The van der Waals surface area contributed by atoms with Crippen molar-refractivity contribution >= 4 is 5.91 Å². The molecule has 1 heterocycles. The van der Waals surface area contributed by atoms with Crippen LogP contribution in [0, 0.1) is 0 Å². The van der Waals surface area contributed by atoms with E-state index in [-0.39, 0.29) is 19.8 Å². The molecule has 3 N–H and O–H groups in total. The minimum atomic E-state index is -1.05. The molecule has 100 valence electrons. The van der Waals surface area contributed by atoms with Crippen LogP contribution in [-0.4, -0.2) is 44.4 Å². The summed E-state index contributed by atoms with van der Waals surface area (Å²) in [6, 6.07) is 1.54. The third kappa shape index (κ3) is 3.38. The summed E-state index contributed by atoms with van der Waals surface area (Å²) < 4.78 is 1.14. The number of aliphatic hydroxyl groups excluding tert-OH is 2. The van der Waals surface area contributed by atoms with Crippen LogP contribution in [0.4, 0.5) is 0 Å². The van der Waals surface area contributed by atoms with Gasteiger partial charge in [-0.3, -0.25) is 9.36 Å². The minimum absolute atomic E-state index is 0.200. The Bertz CT molecular complexity index is 445. The first kappa shape index (κ1) is 14.3. The van der Waals surface area contributed by atoms with Crippen molar-refractivity contribution in [3.8, 4) is 0 Å². The summed E-state index contributed by atoms with van der Waals surface area (Å²) in [7, 11) is 0. The Hall–Kier alpha value is -1.73. The first-order valence-corrected chi connectivity index (χ1v) is 5.61. The minimum Gasteiger partial charge on any atom is -0.394 e. The smallest absolute Gasteiger partial charge is 0.347 e. The Balaban J connectivity index is 2.73. The third-order valence-electron chi connectivity index (χ3n) is 2.78. The summed E-state index contributed by atoms with van der Waals surface area (Å²) in [4.78, 5) is 26.6. The molecular formula is C11H17N3O4. The first-order valence-electron chi connectivity index (χ1n) is 5.61. The second-order valence-corrected chi connectivity index (χ2v) is 4.03. The van der Waals surface area contributed by atoms with Gasteiger partial charge in [0, 0.05) is 12.4 Å². The fourth-order valence-corrected chi connectivity index (χ4v) is 1.44. The number of aromatic nitrogens is 2. The number of aliphatic hydroxyl groups is 2. The average molecular weight is 255 g/mol. The number of carbonyl (C=O) groups excluding carboxylic acids is 1. The summed E-state index contributed by atoms with van der Waals surface area (Å²) in [5.74, 6) is -0.463. The quantitative estimate of drug-likeness (QED) is 0.573. The largest absolute Gasteiger partial charge is 0.394 e. The molecule has 0 aromatic carbocycles. The van der Waals surface area contributed by atoms with Crippen LogP contribution in [0.25, 0.3) is 0 Å². The number of hydrogen-bond acceptors (Lipinski definition) is 5. The van der Waals surface area contributed by atoms with Crippen LogP contribution in [0.3, 0.4) is 0 Å². The summed E-state index contributed by atoms with van der Waals surface area (Å²) in [6.45, 7) is 0.804. The molecule has 0 aliphatic rings. The fourth-order valence-electron chi connectivity index (χ4n) is 1.44.